The molecule has 1 saturated heterocycles. The summed E-state index contributed by atoms with van der Waals surface area (Å²) in [6.45, 7) is 2.70. The summed E-state index contributed by atoms with van der Waals surface area (Å²) in [6.07, 6.45) is 4.92. The van der Waals surface area contributed by atoms with E-state index in [2.05, 4.69) is 14.9 Å². The number of carbonyl (C=O) groups excluding carboxylic acids is 1. The van der Waals surface area contributed by atoms with Crippen LogP contribution in [0.25, 0.3) is 17.1 Å². The number of benzene rings is 2. The van der Waals surface area contributed by atoms with Gasteiger partial charge < -0.3 is 9.80 Å². The fourth-order valence-electron chi connectivity index (χ4n) is 3.15. The lowest BCUT2D eigenvalue weighted by molar-refractivity contribution is -0.126. The second kappa shape index (κ2) is 7.53. The monoisotopic (exact) mass is 362 g/mol. The van der Waals surface area contributed by atoms with E-state index in [9.17, 15) is 9.18 Å². The van der Waals surface area contributed by atoms with Crippen LogP contribution in [0.3, 0.4) is 0 Å². The molecule has 136 valence electrons. The van der Waals surface area contributed by atoms with Gasteiger partial charge in [-0.25, -0.2) is 9.37 Å². The van der Waals surface area contributed by atoms with Gasteiger partial charge in [-0.3, -0.25) is 9.78 Å². The zero-order valence-electron chi connectivity index (χ0n) is 14.8. The van der Waals surface area contributed by atoms with Gasteiger partial charge in [-0.05, 0) is 42.5 Å². The Bertz CT molecular complexity index is 979. The van der Waals surface area contributed by atoms with E-state index in [1.54, 1.807) is 30.5 Å². The summed E-state index contributed by atoms with van der Waals surface area (Å²) in [6, 6.07) is 14.1. The van der Waals surface area contributed by atoms with Gasteiger partial charge in [-0.15, -0.1) is 0 Å². The second-order valence-corrected chi connectivity index (χ2v) is 6.41. The second-order valence-electron chi connectivity index (χ2n) is 6.41. The standard InChI is InChI=1S/C21H19FN4O/c22-16-5-8-18(9-6-16)25-11-13-26(14-12-25)21(27)10-7-17-15-23-19-3-1-2-4-20(19)24-17/h1-10,15H,11-14H2/b10-7+. The van der Waals surface area contributed by atoms with Crippen LogP contribution in [-0.2, 0) is 4.79 Å². The summed E-state index contributed by atoms with van der Waals surface area (Å²) in [5.74, 6) is -0.279. The van der Waals surface area contributed by atoms with Crippen molar-refractivity contribution in [3.63, 3.8) is 0 Å². The van der Waals surface area contributed by atoms with Crippen LogP contribution in [0.2, 0.25) is 0 Å². The fraction of sp³-hybridized carbons (Fsp3) is 0.190. The Morgan fingerprint density at radius 3 is 2.41 bits per heavy atom. The van der Waals surface area contributed by atoms with Gasteiger partial charge in [0.05, 0.1) is 22.9 Å². The van der Waals surface area contributed by atoms with Crippen LogP contribution in [0, 0.1) is 5.82 Å². The molecule has 1 aliphatic heterocycles. The van der Waals surface area contributed by atoms with E-state index in [1.165, 1.54) is 12.1 Å². The van der Waals surface area contributed by atoms with Crippen molar-refractivity contribution in [3.8, 4) is 0 Å². The Labute approximate surface area is 156 Å². The molecule has 0 atom stereocenters. The first-order valence-electron chi connectivity index (χ1n) is 8.88. The van der Waals surface area contributed by atoms with Gasteiger partial charge in [0.25, 0.3) is 0 Å². The minimum Gasteiger partial charge on any atom is -0.368 e. The molecule has 0 radical (unpaired) electrons. The molecule has 6 heteroatoms. The SMILES string of the molecule is O=C(/C=C/c1cnc2ccccc2n1)N1CCN(c2ccc(F)cc2)CC1. The van der Waals surface area contributed by atoms with E-state index in [4.69, 9.17) is 0 Å². The highest BCUT2D eigenvalue weighted by atomic mass is 19.1. The molecule has 1 aliphatic rings. The lowest BCUT2D eigenvalue weighted by atomic mass is 10.2. The molecule has 5 nitrogen and oxygen atoms in total. The molecule has 2 aromatic carbocycles. The lowest BCUT2D eigenvalue weighted by Gasteiger charge is -2.35. The Kier molecular flexibility index (Phi) is 4.78. The molecule has 3 aromatic rings. The summed E-state index contributed by atoms with van der Waals surface area (Å²) in [4.78, 5) is 25.3. The average Bonchev–Trinajstić information content (AvgIpc) is 2.72. The molecule has 1 fully saturated rings. The van der Waals surface area contributed by atoms with Crippen LogP contribution in [0.5, 0.6) is 0 Å². The first-order valence-corrected chi connectivity index (χ1v) is 8.88. The third-order valence-electron chi connectivity index (χ3n) is 4.65. The first kappa shape index (κ1) is 17.1. The molecule has 1 amide bonds. The number of hydrogen-bond donors (Lipinski definition) is 0. The quantitative estimate of drug-likeness (QED) is 0.672. The zero-order valence-corrected chi connectivity index (χ0v) is 14.8. The number of nitrogens with zero attached hydrogens (tertiary/aromatic N) is 4. The van der Waals surface area contributed by atoms with E-state index in [1.807, 2.05) is 29.2 Å². The maximum Gasteiger partial charge on any atom is 0.246 e. The predicted molar refractivity (Wildman–Crippen MR) is 104 cm³/mol. The van der Waals surface area contributed by atoms with E-state index < -0.39 is 0 Å². The Morgan fingerprint density at radius 1 is 0.963 bits per heavy atom. The normalized spacial score (nSPS) is 14.9. The number of rotatable bonds is 3. The molecule has 4 rings (SSSR count). The fourth-order valence-corrected chi connectivity index (χ4v) is 3.15. The number of piperazine rings is 1. The van der Waals surface area contributed by atoms with Gasteiger partial charge in [-0.2, -0.15) is 0 Å². The number of amides is 1. The molecular formula is C21H19FN4O. The molecule has 0 aliphatic carbocycles. The maximum absolute atomic E-state index is 13.0. The zero-order chi connectivity index (χ0) is 18.6. The van der Waals surface area contributed by atoms with Crippen molar-refractivity contribution in [1.82, 2.24) is 14.9 Å². The number of halogens is 1. The Balaban J connectivity index is 1.37. The number of anilines is 1. The van der Waals surface area contributed by atoms with E-state index in [0.29, 0.717) is 18.8 Å². The molecule has 0 unspecified atom stereocenters. The van der Waals surface area contributed by atoms with Gasteiger partial charge in [0, 0.05) is 37.9 Å². The minimum absolute atomic E-state index is 0.0382. The van der Waals surface area contributed by atoms with E-state index >= 15 is 0 Å². The van der Waals surface area contributed by atoms with Crippen LogP contribution in [-0.4, -0.2) is 47.0 Å². The predicted octanol–water partition coefficient (Wildman–Crippen LogP) is 3.13. The van der Waals surface area contributed by atoms with Crippen molar-refractivity contribution in [2.45, 2.75) is 0 Å². The van der Waals surface area contributed by atoms with Crippen LogP contribution < -0.4 is 4.90 Å². The summed E-state index contributed by atoms with van der Waals surface area (Å²) in [7, 11) is 0. The first-order chi connectivity index (χ1) is 13.2. The third kappa shape index (κ3) is 3.95. The van der Waals surface area contributed by atoms with Crippen LogP contribution >= 0.6 is 0 Å². The summed E-state index contributed by atoms with van der Waals surface area (Å²) >= 11 is 0. The van der Waals surface area contributed by atoms with Gasteiger partial charge in [0.15, 0.2) is 0 Å². The van der Waals surface area contributed by atoms with Gasteiger partial charge >= 0.3 is 0 Å². The topological polar surface area (TPSA) is 49.3 Å². The number of hydrogen-bond acceptors (Lipinski definition) is 4. The lowest BCUT2D eigenvalue weighted by Crippen LogP contribution is -2.48. The van der Waals surface area contributed by atoms with Crippen molar-refractivity contribution in [1.29, 1.82) is 0 Å². The van der Waals surface area contributed by atoms with Gasteiger partial charge in [-0.1, -0.05) is 12.1 Å². The molecule has 27 heavy (non-hydrogen) atoms. The molecular weight excluding hydrogens is 343 g/mol. The van der Waals surface area contributed by atoms with Crippen molar-refractivity contribution in [2.75, 3.05) is 31.1 Å². The van der Waals surface area contributed by atoms with Crippen LogP contribution in [0.4, 0.5) is 10.1 Å². The molecule has 0 saturated carbocycles. The van der Waals surface area contributed by atoms with Crippen molar-refractivity contribution in [2.24, 2.45) is 0 Å². The smallest absolute Gasteiger partial charge is 0.246 e. The van der Waals surface area contributed by atoms with Crippen LogP contribution in [0.1, 0.15) is 5.69 Å². The Morgan fingerprint density at radius 2 is 1.67 bits per heavy atom. The van der Waals surface area contributed by atoms with Crippen molar-refractivity contribution in [3.05, 3.63) is 72.3 Å². The highest BCUT2D eigenvalue weighted by molar-refractivity contribution is 5.92. The van der Waals surface area contributed by atoms with Gasteiger partial charge in [0.2, 0.25) is 5.91 Å². The molecule has 2 heterocycles. The summed E-state index contributed by atoms with van der Waals surface area (Å²) < 4.78 is 13.0. The average molecular weight is 362 g/mol. The number of carbonyl (C=O) groups is 1. The number of aromatic nitrogens is 2. The summed E-state index contributed by atoms with van der Waals surface area (Å²) in [5, 5.41) is 0. The van der Waals surface area contributed by atoms with E-state index in [0.717, 1.165) is 29.8 Å². The number of para-hydroxylation sites is 2. The molecule has 0 N–H and O–H groups in total. The molecule has 0 bridgehead atoms. The summed E-state index contributed by atoms with van der Waals surface area (Å²) in [5.41, 5.74) is 3.27. The minimum atomic E-state index is -0.241. The van der Waals surface area contributed by atoms with Crippen molar-refractivity contribution < 1.29 is 9.18 Å². The maximum atomic E-state index is 13.0. The highest BCUT2D eigenvalue weighted by Gasteiger charge is 2.19. The highest BCUT2D eigenvalue weighted by Crippen LogP contribution is 2.17. The number of fused-ring (bicyclic) bond motifs is 1. The third-order valence-corrected chi connectivity index (χ3v) is 4.65. The van der Waals surface area contributed by atoms with Crippen molar-refractivity contribution >= 4 is 28.7 Å². The largest absolute Gasteiger partial charge is 0.368 e. The van der Waals surface area contributed by atoms with Gasteiger partial charge in [0.1, 0.15) is 5.82 Å². The Hall–Kier alpha value is -3.28. The molecule has 0 spiro atoms. The molecule has 1 aromatic heterocycles. The van der Waals surface area contributed by atoms with E-state index in [-0.39, 0.29) is 11.7 Å². The van der Waals surface area contributed by atoms with Crippen LogP contribution in [0.15, 0.2) is 60.8 Å².